The Morgan fingerprint density at radius 1 is 1.45 bits per heavy atom. The fourth-order valence-corrected chi connectivity index (χ4v) is 3.77. The molecule has 0 radical (unpaired) electrons. The molecule has 2 aliphatic rings. The fraction of sp³-hybridized carbons (Fsp3) is 0.750. The van der Waals surface area contributed by atoms with Gasteiger partial charge in [0.1, 0.15) is 11.1 Å². The van der Waals surface area contributed by atoms with Crippen LogP contribution in [0.2, 0.25) is 0 Å². The number of hydrogen-bond donors (Lipinski definition) is 1. The second kappa shape index (κ2) is 5.03. The molecule has 2 aromatic heterocycles. The summed E-state index contributed by atoms with van der Waals surface area (Å²) in [5.74, 6) is 0.835. The summed E-state index contributed by atoms with van der Waals surface area (Å²) in [5.41, 5.74) is 0. The molecule has 0 saturated carbocycles. The van der Waals surface area contributed by atoms with E-state index >= 15 is 0 Å². The summed E-state index contributed by atoms with van der Waals surface area (Å²) in [6.07, 6.45) is 3.35. The van der Waals surface area contributed by atoms with Crippen LogP contribution in [-0.4, -0.2) is 46.2 Å². The first-order valence-corrected chi connectivity index (χ1v) is 7.76. The fourth-order valence-electron chi connectivity index (χ4n) is 2.84. The van der Waals surface area contributed by atoms with Crippen LogP contribution in [-0.2, 0) is 9.47 Å². The summed E-state index contributed by atoms with van der Waals surface area (Å²) in [5, 5.41) is 17.6. The Bertz CT molecular complexity index is 606. The minimum Gasteiger partial charge on any atom is -0.380 e. The van der Waals surface area contributed by atoms with E-state index in [2.05, 4.69) is 20.6 Å². The third-order valence-corrected chi connectivity index (χ3v) is 4.98. The van der Waals surface area contributed by atoms with Gasteiger partial charge in [0, 0.05) is 20.3 Å². The van der Waals surface area contributed by atoms with Crippen molar-refractivity contribution in [3.05, 3.63) is 10.8 Å². The number of rotatable bonds is 3. The molecule has 0 amide bonds. The third-order valence-electron chi connectivity index (χ3n) is 3.97. The molecule has 3 unspecified atom stereocenters. The van der Waals surface area contributed by atoms with Crippen LogP contribution in [0.3, 0.4) is 0 Å². The second-order valence-electron chi connectivity index (χ2n) is 5.25. The Morgan fingerprint density at radius 3 is 3.15 bits per heavy atom. The van der Waals surface area contributed by atoms with Gasteiger partial charge in [-0.2, -0.15) is 9.61 Å². The molecule has 2 fully saturated rings. The lowest BCUT2D eigenvalue weighted by molar-refractivity contribution is 0.103. The SMILES string of the molecule is COC1CNC(c2nn3c(C4CCCO4)nnc3s2)C1. The average Bonchev–Trinajstić information content (AvgIpc) is 3.20. The molecular formula is C12H17N5O2S. The van der Waals surface area contributed by atoms with E-state index in [9.17, 15) is 0 Å². The summed E-state index contributed by atoms with van der Waals surface area (Å²) in [7, 11) is 1.75. The van der Waals surface area contributed by atoms with Crippen molar-refractivity contribution >= 4 is 16.3 Å². The Morgan fingerprint density at radius 2 is 2.40 bits per heavy atom. The zero-order valence-electron chi connectivity index (χ0n) is 11.3. The molecular weight excluding hydrogens is 278 g/mol. The van der Waals surface area contributed by atoms with Gasteiger partial charge in [0.15, 0.2) is 5.82 Å². The summed E-state index contributed by atoms with van der Waals surface area (Å²) in [6.45, 7) is 1.68. The molecule has 2 saturated heterocycles. The van der Waals surface area contributed by atoms with E-state index in [4.69, 9.17) is 9.47 Å². The van der Waals surface area contributed by atoms with Crippen molar-refractivity contribution in [1.29, 1.82) is 0 Å². The minimum absolute atomic E-state index is 0.0446. The Hall–Kier alpha value is -1.09. The summed E-state index contributed by atoms with van der Waals surface area (Å²) >= 11 is 1.59. The lowest BCUT2D eigenvalue weighted by atomic mass is 10.2. The lowest BCUT2D eigenvalue weighted by Crippen LogP contribution is -2.16. The number of aromatic nitrogens is 4. The zero-order chi connectivity index (χ0) is 13.5. The maximum Gasteiger partial charge on any atom is 0.234 e. The Kier molecular flexibility index (Phi) is 3.18. The molecule has 0 aliphatic carbocycles. The van der Waals surface area contributed by atoms with E-state index in [1.807, 2.05) is 4.52 Å². The molecule has 0 bridgehead atoms. The van der Waals surface area contributed by atoms with Gasteiger partial charge in [-0.1, -0.05) is 11.3 Å². The number of ether oxygens (including phenoxy) is 2. The highest BCUT2D eigenvalue weighted by atomic mass is 32.1. The minimum atomic E-state index is 0.0446. The molecule has 0 aromatic carbocycles. The van der Waals surface area contributed by atoms with Gasteiger partial charge in [-0.25, -0.2) is 0 Å². The van der Waals surface area contributed by atoms with E-state index in [1.165, 1.54) is 0 Å². The predicted octanol–water partition coefficient (Wildman–Crippen LogP) is 1.09. The summed E-state index contributed by atoms with van der Waals surface area (Å²) < 4.78 is 12.9. The van der Waals surface area contributed by atoms with Crippen LogP contribution in [0, 0.1) is 0 Å². The van der Waals surface area contributed by atoms with Crippen LogP contribution in [0.25, 0.3) is 4.96 Å². The van der Waals surface area contributed by atoms with Crippen molar-refractivity contribution in [3.63, 3.8) is 0 Å². The molecule has 1 N–H and O–H groups in total. The van der Waals surface area contributed by atoms with Crippen molar-refractivity contribution in [1.82, 2.24) is 25.1 Å². The molecule has 2 aliphatic heterocycles. The smallest absolute Gasteiger partial charge is 0.234 e. The van der Waals surface area contributed by atoms with Crippen molar-refractivity contribution in [2.75, 3.05) is 20.3 Å². The molecule has 20 heavy (non-hydrogen) atoms. The molecule has 3 atom stereocenters. The first kappa shape index (κ1) is 12.6. The monoisotopic (exact) mass is 295 g/mol. The number of hydrogen-bond acceptors (Lipinski definition) is 7. The Balaban J connectivity index is 1.62. The Labute approximate surface area is 120 Å². The molecule has 7 nitrogen and oxygen atoms in total. The van der Waals surface area contributed by atoms with Gasteiger partial charge in [0.25, 0.3) is 0 Å². The highest BCUT2D eigenvalue weighted by Crippen LogP contribution is 2.31. The highest BCUT2D eigenvalue weighted by Gasteiger charge is 2.30. The normalized spacial score (nSPS) is 30.6. The highest BCUT2D eigenvalue weighted by molar-refractivity contribution is 7.16. The van der Waals surface area contributed by atoms with Gasteiger partial charge >= 0.3 is 0 Å². The van der Waals surface area contributed by atoms with Gasteiger partial charge in [0.2, 0.25) is 4.96 Å². The maximum atomic E-state index is 5.68. The largest absolute Gasteiger partial charge is 0.380 e. The zero-order valence-corrected chi connectivity index (χ0v) is 12.1. The number of nitrogens with one attached hydrogen (secondary N) is 1. The van der Waals surface area contributed by atoms with Gasteiger partial charge in [-0.05, 0) is 19.3 Å². The second-order valence-corrected chi connectivity index (χ2v) is 6.24. The van der Waals surface area contributed by atoms with Crippen molar-refractivity contribution in [3.8, 4) is 0 Å². The van der Waals surface area contributed by atoms with Crippen LogP contribution >= 0.6 is 11.3 Å². The number of fused-ring (bicyclic) bond motifs is 1. The van der Waals surface area contributed by atoms with Crippen LogP contribution in [0.4, 0.5) is 0 Å². The van der Waals surface area contributed by atoms with Crippen LogP contribution in [0.15, 0.2) is 0 Å². The first-order chi connectivity index (χ1) is 9.85. The number of methoxy groups -OCH3 is 1. The average molecular weight is 295 g/mol. The summed E-state index contributed by atoms with van der Waals surface area (Å²) in [4.78, 5) is 0.841. The molecule has 108 valence electrons. The van der Waals surface area contributed by atoms with Gasteiger partial charge in [-0.15, -0.1) is 10.2 Å². The number of nitrogens with zero attached hydrogens (tertiary/aromatic N) is 4. The standard InChI is InChI=1S/C12H17N5O2S/c1-18-7-5-8(13-6-7)11-16-17-10(9-3-2-4-19-9)14-15-12(17)20-11/h7-9,13H,2-6H2,1H3. The van der Waals surface area contributed by atoms with E-state index < -0.39 is 0 Å². The van der Waals surface area contributed by atoms with E-state index in [1.54, 1.807) is 18.4 Å². The topological polar surface area (TPSA) is 73.6 Å². The maximum absolute atomic E-state index is 5.68. The van der Waals surface area contributed by atoms with Crippen molar-refractivity contribution in [2.24, 2.45) is 0 Å². The molecule has 8 heteroatoms. The van der Waals surface area contributed by atoms with Gasteiger partial charge in [-0.3, -0.25) is 0 Å². The van der Waals surface area contributed by atoms with Crippen LogP contribution in [0.1, 0.15) is 42.2 Å². The third kappa shape index (κ3) is 2.03. The van der Waals surface area contributed by atoms with Crippen molar-refractivity contribution in [2.45, 2.75) is 37.5 Å². The van der Waals surface area contributed by atoms with E-state index in [-0.39, 0.29) is 18.2 Å². The molecule has 4 heterocycles. The lowest BCUT2D eigenvalue weighted by Gasteiger charge is -2.06. The van der Waals surface area contributed by atoms with E-state index in [0.29, 0.717) is 0 Å². The van der Waals surface area contributed by atoms with Crippen LogP contribution in [0.5, 0.6) is 0 Å². The first-order valence-electron chi connectivity index (χ1n) is 6.95. The van der Waals surface area contributed by atoms with E-state index in [0.717, 1.165) is 48.2 Å². The summed E-state index contributed by atoms with van der Waals surface area (Å²) in [6, 6.07) is 0.254. The van der Waals surface area contributed by atoms with Gasteiger partial charge < -0.3 is 14.8 Å². The van der Waals surface area contributed by atoms with Crippen molar-refractivity contribution < 1.29 is 9.47 Å². The predicted molar refractivity (Wildman–Crippen MR) is 72.7 cm³/mol. The van der Waals surface area contributed by atoms with Crippen LogP contribution < -0.4 is 5.32 Å². The molecule has 0 spiro atoms. The van der Waals surface area contributed by atoms with Gasteiger partial charge in [0.05, 0.1) is 12.1 Å². The quantitative estimate of drug-likeness (QED) is 0.913. The molecule has 4 rings (SSSR count). The molecule has 2 aromatic rings.